The molecule has 0 aliphatic rings. The number of oxazole rings is 1. The van der Waals surface area contributed by atoms with Gasteiger partial charge in [-0.2, -0.15) is 0 Å². The summed E-state index contributed by atoms with van der Waals surface area (Å²) >= 11 is 0. The number of aliphatic imine (C=N–C) groups is 1. The van der Waals surface area contributed by atoms with Gasteiger partial charge < -0.3 is 25.1 Å². The molecule has 0 aliphatic carbocycles. The summed E-state index contributed by atoms with van der Waals surface area (Å²) in [7, 11) is 3.26. The highest BCUT2D eigenvalue weighted by Crippen LogP contribution is 2.22. The van der Waals surface area contributed by atoms with Gasteiger partial charge in [-0.05, 0) is 17.7 Å². The predicted molar refractivity (Wildman–Crippen MR) is 108 cm³/mol. The van der Waals surface area contributed by atoms with E-state index in [0.717, 1.165) is 17.1 Å². The zero-order valence-electron chi connectivity index (χ0n) is 17.1. The first-order valence-electron chi connectivity index (χ1n) is 9.11. The second-order valence-electron chi connectivity index (χ2n) is 7.27. The van der Waals surface area contributed by atoms with E-state index in [1.54, 1.807) is 20.4 Å². The minimum atomic E-state index is -0.134. The van der Waals surface area contributed by atoms with Crippen LogP contribution in [-0.4, -0.2) is 37.6 Å². The summed E-state index contributed by atoms with van der Waals surface area (Å²) < 4.78 is 10.8. The molecular formula is C20H29N5O3. The van der Waals surface area contributed by atoms with E-state index < -0.39 is 0 Å². The zero-order chi connectivity index (χ0) is 20.6. The molecule has 0 radical (unpaired) electrons. The fraction of sp³-hybridized carbons (Fsp3) is 0.450. The quantitative estimate of drug-likeness (QED) is 0.496. The third kappa shape index (κ3) is 6.61. The number of hydrogen-bond acceptors (Lipinski definition) is 5. The van der Waals surface area contributed by atoms with E-state index in [1.165, 1.54) is 0 Å². The molecule has 0 saturated carbocycles. The van der Waals surface area contributed by atoms with Crippen LogP contribution in [0.1, 0.15) is 38.0 Å². The summed E-state index contributed by atoms with van der Waals surface area (Å²) in [5.74, 6) is 2.54. The molecule has 1 amide bonds. The number of nitrogens with zero attached hydrogens (tertiary/aromatic N) is 2. The van der Waals surface area contributed by atoms with Crippen molar-refractivity contribution in [3.05, 3.63) is 47.7 Å². The van der Waals surface area contributed by atoms with Gasteiger partial charge in [0.15, 0.2) is 5.96 Å². The van der Waals surface area contributed by atoms with Crippen molar-refractivity contribution in [2.45, 2.75) is 39.3 Å². The van der Waals surface area contributed by atoms with Gasteiger partial charge in [0.2, 0.25) is 11.8 Å². The standard InChI is InChI=1S/C20H29N5O3/c1-20(2,3)16-11-23-18(28-16)13-25-19(21-4)24-12-17(26)22-10-14-6-8-15(27-5)9-7-14/h6-9,11H,10,12-13H2,1-5H3,(H,22,26)(H2,21,24,25). The molecule has 2 rings (SSSR count). The SMILES string of the molecule is CN=C(NCC(=O)NCc1ccc(OC)cc1)NCc1ncc(C(C)(C)C)o1. The molecule has 1 aromatic carbocycles. The van der Waals surface area contributed by atoms with E-state index in [0.29, 0.717) is 24.9 Å². The summed E-state index contributed by atoms with van der Waals surface area (Å²) in [6, 6.07) is 7.54. The number of carbonyl (C=O) groups is 1. The maximum atomic E-state index is 12.0. The van der Waals surface area contributed by atoms with E-state index in [2.05, 4.69) is 46.7 Å². The Bertz CT molecular complexity index is 791. The molecule has 0 fully saturated rings. The molecule has 0 spiro atoms. The number of benzene rings is 1. The summed E-state index contributed by atoms with van der Waals surface area (Å²) in [6.45, 7) is 7.13. The molecule has 3 N–H and O–H groups in total. The highest BCUT2D eigenvalue weighted by molar-refractivity contribution is 5.86. The van der Waals surface area contributed by atoms with Crippen LogP contribution < -0.4 is 20.7 Å². The normalized spacial score (nSPS) is 11.8. The van der Waals surface area contributed by atoms with Gasteiger partial charge in [0, 0.05) is 19.0 Å². The molecular weight excluding hydrogens is 358 g/mol. The number of ether oxygens (including phenoxy) is 1. The van der Waals surface area contributed by atoms with E-state index >= 15 is 0 Å². The second kappa shape index (κ2) is 9.77. The Morgan fingerprint density at radius 1 is 1.14 bits per heavy atom. The van der Waals surface area contributed by atoms with Crippen molar-refractivity contribution < 1.29 is 13.9 Å². The molecule has 1 heterocycles. The smallest absolute Gasteiger partial charge is 0.239 e. The van der Waals surface area contributed by atoms with Crippen LogP contribution in [-0.2, 0) is 23.3 Å². The van der Waals surface area contributed by atoms with Gasteiger partial charge in [-0.3, -0.25) is 9.79 Å². The van der Waals surface area contributed by atoms with Crippen molar-refractivity contribution >= 4 is 11.9 Å². The Hall–Kier alpha value is -3.03. The van der Waals surface area contributed by atoms with Crippen molar-refractivity contribution in [3.63, 3.8) is 0 Å². The zero-order valence-corrected chi connectivity index (χ0v) is 17.1. The van der Waals surface area contributed by atoms with Gasteiger partial charge in [0.05, 0.1) is 26.4 Å². The van der Waals surface area contributed by atoms with Crippen LogP contribution in [0.5, 0.6) is 5.75 Å². The maximum Gasteiger partial charge on any atom is 0.239 e. The number of rotatable bonds is 7. The number of nitrogens with one attached hydrogen (secondary N) is 3. The number of guanidine groups is 1. The van der Waals surface area contributed by atoms with E-state index in [-0.39, 0.29) is 17.9 Å². The molecule has 0 saturated heterocycles. The van der Waals surface area contributed by atoms with Gasteiger partial charge in [-0.25, -0.2) is 4.98 Å². The molecule has 0 unspecified atom stereocenters. The maximum absolute atomic E-state index is 12.0. The lowest BCUT2D eigenvalue weighted by Crippen LogP contribution is -2.42. The molecule has 0 aliphatic heterocycles. The van der Waals surface area contributed by atoms with Crippen molar-refractivity contribution in [1.29, 1.82) is 0 Å². The minimum Gasteiger partial charge on any atom is -0.497 e. The van der Waals surface area contributed by atoms with E-state index in [1.807, 2.05) is 24.3 Å². The molecule has 28 heavy (non-hydrogen) atoms. The number of methoxy groups -OCH3 is 1. The van der Waals surface area contributed by atoms with Crippen molar-refractivity contribution in [2.24, 2.45) is 4.99 Å². The van der Waals surface area contributed by atoms with Crippen LogP contribution in [0.15, 0.2) is 39.9 Å². The van der Waals surface area contributed by atoms with Gasteiger partial charge >= 0.3 is 0 Å². The molecule has 8 nitrogen and oxygen atoms in total. The second-order valence-corrected chi connectivity index (χ2v) is 7.27. The van der Waals surface area contributed by atoms with Gasteiger partial charge in [0.1, 0.15) is 11.5 Å². The van der Waals surface area contributed by atoms with Gasteiger partial charge in [0.25, 0.3) is 0 Å². The molecule has 1 aromatic heterocycles. The number of hydrogen-bond donors (Lipinski definition) is 3. The fourth-order valence-corrected chi connectivity index (χ4v) is 2.29. The Labute approximate surface area is 165 Å². The Morgan fingerprint density at radius 2 is 1.86 bits per heavy atom. The summed E-state index contributed by atoms with van der Waals surface area (Å²) in [5.41, 5.74) is 0.905. The lowest BCUT2D eigenvalue weighted by atomic mass is 9.94. The number of aromatic nitrogens is 1. The first-order valence-corrected chi connectivity index (χ1v) is 9.11. The number of amides is 1. The van der Waals surface area contributed by atoms with Crippen molar-refractivity contribution in [1.82, 2.24) is 20.9 Å². The Balaban J connectivity index is 1.73. The molecule has 0 atom stereocenters. The van der Waals surface area contributed by atoms with Gasteiger partial charge in [-0.1, -0.05) is 32.9 Å². The summed E-state index contributed by atoms with van der Waals surface area (Å²) in [5, 5.41) is 8.90. The third-order valence-corrected chi connectivity index (χ3v) is 3.99. The first-order chi connectivity index (χ1) is 13.3. The molecule has 152 valence electrons. The van der Waals surface area contributed by atoms with E-state index in [9.17, 15) is 4.79 Å². The van der Waals surface area contributed by atoms with Crippen LogP contribution >= 0.6 is 0 Å². The van der Waals surface area contributed by atoms with Crippen LogP contribution in [0.4, 0.5) is 0 Å². The van der Waals surface area contributed by atoms with Crippen LogP contribution in [0.25, 0.3) is 0 Å². The molecule has 2 aromatic rings. The molecule has 8 heteroatoms. The van der Waals surface area contributed by atoms with Crippen molar-refractivity contribution in [2.75, 3.05) is 20.7 Å². The Kier molecular flexibility index (Phi) is 7.43. The van der Waals surface area contributed by atoms with Crippen LogP contribution in [0.2, 0.25) is 0 Å². The minimum absolute atomic E-state index is 0.0901. The fourth-order valence-electron chi connectivity index (χ4n) is 2.29. The topological polar surface area (TPSA) is 101 Å². The van der Waals surface area contributed by atoms with Gasteiger partial charge in [-0.15, -0.1) is 0 Å². The molecule has 0 bridgehead atoms. The number of carbonyl (C=O) groups excluding carboxylic acids is 1. The summed E-state index contributed by atoms with van der Waals surface area (Å²) in [6.07, 6.45) is 1.74. The monoisotopic (exact) mass is 387 g/mol. The van der Waals surface area contributed by atoms with Crippen molar-refractivity contribution in [3.8, 4) is 5.75 Å². The average Bonchev–Trinajstić information content (AvgIpc) is 3.16. The highest BCUT2D eigenvalue weighted by Gasteiger charge is 2.19. The first kappa shape index (κ1) is 21.3. The largest absolute Gasteiger partial charge is 0.497 e. The highest BCUT2D eigenvalue weighted by atomic mass is 16.5. The lowest BCUT2D eigenvalue weighted by molar-refractivity contribution is -0.120. The van der Waals surface area contributed by atoms with E-state index in [4.69, 9.17) is 9.15 Å². The third-order valence-electron chi connectivity index (χ3n) is 3.99. The van der Waals surface area contributed by atoms with Crippen LogP contribution in [0.3, 0.4) is 0 Å². The summed E-state index contributed by atoms with van der Waals surface area (Å²) in [4.78, 5) is 20.4. The Morgan fingerprint density at radius 3 is 2.43 bits per heavy atom. The predicted octanol–water partition coefficient (Wildman–Crippen LogP) is 1.96. The van der Waals surface area contributed by atoms with Crippen LogP contribution in [0, 0.1) is 0 Å². The lowest BCUT2D eigenvalue weighted by Gasteiger charge is -2.13. The average molecular weight is 387 g/mol.